The Morgan fingerprint density at radius 1 is 1.28 bits per heavy atom. The van der Waals surface area contributed by atoms with Crippen LogP contribution in [0.1, 0.15) is 34.6 Å². The Balaban J connectivity index is 1.26. The number of nitrogens with zero attached hydrogens (tertiary/aromatic N) is 2. The maximum absolute atomic E-state index is 12.8. The van der Waals surface area contributed by atoms with Crippen molar-refractivity contribution in [1.29, 1.82) is 0 Å². The second kappa shape index (κ2) is 9.73. The van der Waals surface area contributed by atoms with E-state index in [0.29, 0.717) is 32.6 Å². The van der Waals surface area contributed by atoms with Gasteiger partial charge in [-0.05, 0) is 47.7 Å². The van der Waals surface area contributed by atoms with Gasteiger partial charge in [-0.3, -0.25) is 4.79 Å². The van der Waals surface area contributed by atoms with E-state index in [1.807, 2.05) is 27.3 Å². The van der Waals surface area contributed by atoms with Gasteiger partial charge in [0, 0.05) is 49.0 Å². The summed E-state index contributed by atoms with van der Waals surface area (Å²) < 4.78 is 5.72. The van der Waals surface area contributed by atoms with E-state index in [1.165, 1.54) is 10.4 Å². The predicted molar refractivity (Wildman–Crippen MR) is 115 cm³/mol. The van der Waals surface area contributed by atoms with E-state index in [4.69, 9.17) is 4.74 Å². The molecule has 0 saturated carbocycles. The van der Waals surface area contributed by atoms with Crippen LogP contribution in [0.4, 0.5) is 4.79 Å². The first kappa shape index (κ1) is 20.4. The monoisotopic (exact) mass is 433 g/mol. The summed E-state index contributed by atoms with van der Waals surface area (Å²) in [4.78, 5) is 31.6. The third-order valence-corrected chi connectivity index (χ3v) is 7.32. The number of ether oxygens (including phenoxy) is 1. The Morgan fingerprint density at radius 3 is 3.00 bits per heavy atom. The minimum absolute atomic E-state index is 0.103. The minimum Gasteiger partial charge on any atom is -0.376 e. The molecule has 156 valence electrons. The van der Waals surface area contributed by atoms with Gasteiger partial charge in [0.05, 0.1) is 12.6 Å². The Kier molecular flexibility index (Phi) is 6.84. The number of fused-ring (bicyclic) bond motifs is 1. The van der Waals surface area contributed by atoms with Crippen LogP contribution < -0.4 is 5.32 Å². The van der Waals surface area contributed by atoms with Crippen LogP contribution in [0.2, 0.25) is 0 Å². The van der Waals surface area contributed by atoms with Crippen LogP contribution in [-0.2, 0) is 29.0 Å². The van der Waals surface area contributed by atoms with Crippen LogP contribution in [-0.4, -0.2) is 54.1 Å². The van der Waals surface area contributed by atoms with Gasteiger partial charge in [0.25, 0.3) is 0 Å². The smallest absolute Gasteiger partial charge is 0.317 e. The SMILES string of the molecule is O=C(CCNC(=O)N(Cc1cccs1)CC1CCCO1)N1CCc2sccc2C1. The van der Waals surface area contributed by atoms with Gasteiger partial charge >= 0.3 is 6.03 Å². The van der Waals surface area contributed by atoms with E-state index >= 15 is 0 Å². The van der Waals surface area contributed by atoms with Gasteiger partial charge in [-0.25, -0.2) is 4.79 Å². The number of urea groups is 1. The zero-order chi connectivity index (χ0) is 20.1. The lowest BCUT2D eigenvalue weighted by Gasteiger charge is -2.28. The zero-order valence-corrected chi connectivity index (χ0v) is 18.1. The number of carbonyl (C=O) groups is 2. The molecular formula is C21H27N3O3S2. The highest BCUT2D eigenvalue weighted by Gasteiger charge is 2.24. The Morgan fingerprint density at radius 2 is 2.21 bits per heavy atom. The molecule has 4 rings (SSSR count). The molecule has 1 saturated heterocycles. The minimum atomic E-state index is -0.125. The highest BCUT2D eigenvalue weighted by Crippen LogP contribution is 2.24. The van der Waals surface area contributed by atoms with E-state index in [0.717, 1.165) is 37.3 Å². The third kappa shape index (κ3) is 5.38. The molecule has 29 heavy (non-hydrogen) atoms. The number of amides is 3. The fourth-order valence-electron chi connectivity index (χ4n) is 3.85. The molecule has 1 N–H and O–H groups in total. The molecule has 6 nitrogen and oxygen atoms in total. The highest BCUT2D eigenvalue weighted by molar-refractivity contribution is 7.10. The van der Waals surface area contributed by atoms with Crippen LogP contribution in [0, 0.1) is 0 Å². The number of thiophene rings is 2. The molecule has 0 radical (unpaired) electrons. The van der Waals surface area contributed by atoms with Gasteiger partial charge in [0.2, 0.25) is 5.91 Å². The van der Waals surface area contributed by atoms with Crippen molar-refractivity contribution in [3.8, 4) is 0 Å². The summed E-state index contributed by atoms with van der Waals surface area (Å²) in [5, 5.41) is 7.06. The van der Waals surface area contributed by atoms with E-state index in [2.05, 4.69) is 16.8 Å². The summed E-state index contributed by atoms with van der Waals surface area (Å²) >= 11 is 3.42. The van der Waals surface area contributed by atoms with Crippen LogP contribution in [0.25, 0.3) is 0 Å². The van der Waals surface area contributed by atoms with Gasteiger partial charge in [0.1, 0.15) is 0 Å². The van der Waals surface area contributed by atoms with E-state index < -0.39 is 0 Å². The molecule has 1 fully saturated rings. The van der Waals surface area contributed by atoms with Crippen molar-refractivity contribution in [1.82, 2.24) is 15.1 Å². The fraction of sp³-hybridized carbons (Fsp3) is 0.524. The van der Waals surface area contributed by atoms with E-state index in [-0.39, 0.29) is 18.0 Å². The van der Waals surface area contributed by atoms with Crippen LogP contribution in [0.5, 0.6) is 0 Å². The molecule has 3 amide bonds. The summed E-state index contributed by atoms with van der Waals surface area (Å²) in [5.41, 5.74) is 1.26. The van der Waals surface area contributed by atoms with Crippen LogP contribution in [0.3, 0.4) is 0 Å². The van der Waals surface area contributed by atoms with Gasteiger partial charge in [-0.1, -0.05) is 6.07 Å². The summed E-state index contributed by atoms with van der Waals surface area (Å²) in [6, 6.07) is 6.02. The van der Waals surface area contributed by atoms with Crippen LogP contribution >= 0.6 is 22.7 Å². The largest absolute Gasteiger partial charge is 0.376 e. The topological polar surface area (TPSA) is 61.9 Å². The van der Waals surface area contributed by atoms with Gasteiger partial charge in [-0.15, -0.1) is 22.7 Å². The lowest BCUT2D eigenvalue weighted by atomic mass is 10.1. The average molecular weight is 434 g/mol. The predicted octanol–water partition coefficient (Wildman–Crippen LogP) is 3.48. The first-order valence-corrected chi connectivity index (χ1v) is 11.9. The molecule has 0 aromatic carbocycles. The Hall–Kier alpha value is -1.90. The van der Waals surface area contributed by atoms with Gasteiger partial charge < -0.3 is 19.9 Å². The van der Waals surface area contributed by atoms with Crippen molar-refractivity contribution in [3.63, 3.8) is 0 Å². The number of rotatable bonds is 7. The van der Waals surface area contributed by atoms with Crippen molar-refractivity contribution in [2.75, 3.05) is 26.2 Å². The Bertz CT molecular complexity index is 815. The standard InChI is InChI=1S/C21H27N3O3S2/c25-20(23-9-6-19-16(13-23)7-12-29-19)5-8-22-21(26)24(14-17-3-1-10-27-17)15-18-4-2-11-28-18/h2,4,7,11-12,17H,1,3,5-6,8-10,13-15H2,(H,22,26). The first-order valence-electron chi connectivity index (χ1n) is 10.2. The van der Waals surface area contributed by atoms with Gasteiger partial charge in [-0.2, -0.15) is 0 Å². The molecule has 0 bridgehead atoms. The van der Waals surface area contributed by atoms with Gasteiger partial charge in [0.15, 0.2) is 0 Å². The van der Waals surface area contributed by atoms with Crippen molar-refractivity contribution >= 4 is 34.6 Å². The van der Waals surface area contributed by atoms with Crippen molar-refractivity contribution in [2.24, 2.45) is 0 Å². The van der Waals surface area contributed by atoms with Crippen molar-refractivity contribution < 1.29 is 14.3 Å². The molecule has 1 atom stereocenters. The summed E-state index contributed by atoms with van der Waals surface area (Å²) in [5.74, 6) is 0.103. The molecular weight excluding hydrogens is 406 g/mol. The van der Waals surface area contributed by atoms with Crippen LogP contribution in [0.15, 0.2) is 29.0 Å². The van der Waals surface area contributed by atoms with Crippen molar-refractivity contribution in [2.45, 2.75) is 44.9 Å². The second-order valence-corrected chi connectivity index (χ2v) is 9.54. The maximum atomic E-state index is 12.8. The highest BCUT2D eigenvalue weighted by atomic mass is 32.1. The Labute approximate surface area is 179 Å². The molecule has 0 spiro atoms. The number of hydrogen-bond donors (Lipinski definition) is 1. The third-order valence-electron chi connectivity index (χ3n) is 5.44. The number of nitrogens with one attached hydrogen (secondary N) is 1. The summed E-state index contributed by atoms with van der Waals surface area (Å²) in [6.07, 6.45) is 3.41. The molecule has 2 aromatic heterocycles. The fourth-order valence-corrected chi connectivity index (χ4v) is 5.46. The molecule has 4 heterocycles. The van der Waals surface area contributed by atoms with Crippen molar-refractivity contribution in [3.05, 3.63) is 44.3 Å². The lowest BCUT2D eigenvalue weighted by Crippen LogP contribution is -2.44. The average Bonchev–Trinajstić information content (AvgIpc) is 3.49. The summed E-state index contributed by atoms with van der Waals surface area (Å²) in [7, 11) is 0. The normalized spacial score (nSPS) is 18.5. The molecule has 2 aliphatic rings. The number of carbonyl (C=O) groups excluding carboxylic acids is 2. The van der Waals surface area contributed by atoms with E-state index in [9.17, 15) is 9.59 Å². The summed E-state index contributed by atoms with van der Waals surface area (Å²) in [6.45, 7) is 3.75. The second-order valence-electron chi connectivity index (χ2n) is 7.51. The lowest BCUT2D eigenvalue weighted by molar-refractivity contribution is -0.131. The quantitative estimate of drug-likeness (QED) is 0.727. The zero-order valence-electron chi connectivity index (χ0n) is 16.5. The first-order chi connectivity index (χ1) is 14.2. The molecule has 0 aliphatic carbocycles. The molecule has 2 aromatic rings. The maximum Gasteiger partial charge on any atom is 0.317 e. The molecule has 8 heteroatoms. The molecule has 2 aliphatic heterocycles. The number of hydrogen-bond acceptors (Lipinski definition) is 5. The molecule has 1 unspecified atom stereocenters. The van der Waals surface area contributed by atoms with E-state index in [1.54, 1.807) is 22.7 Å².